The van der Waals surface area contributed by atoms with Crippen LogP contribution in [0, 0.1) is 13.8 Å². The van der Waals surface area contributed by atoms with Crippen LogP contribution in [0.5, 0.6) is 0 Å². The second kappa shape index (κ2) is 30.4. The van der Waals surface area contributed by atoms with Gasteiger partial charge >= 0.3 is 43.4 Å². The van der Waals surface area contributed by atoms with Gasteiger partial charge in [-0.3, -0.25) is 0 Å². The van der Waals surface area contributed by atoms with Crippen LogP contribution >= 0.6 is 15.8 Å². The van der Waals surface area contributed by atoms with Crippen molar-refractivity contribution in [3.05, 3.63) is 205 Å². The maximum atomic E-state index is 2.41. The van der Waals surface area contributed by atoms with Crippen molar-refractivity contribution in [1.29, 1.82) is 0 Å². The van der Waals surface area contributed by atoms with Crippen molar-refractivity contribution in [2.24, 2.45) is 0 Å². The van der Waals surface area contributed by atoms with E-state index in [1.54, 1.807) is 10.6 Å². The normalized spacial score (nSPS) is 10.5. The molecule has 0 saturated carbocycles. The van der Waals surface area contributed by atoms with Gasteiger partial charge in [-0.15, -0.1) is 150 Å². The summed E-state index contributed by atoms with van der Waals surface area (Å²) in [4.78, 5) is 0. The minimum Gasteiger partial charge on any atom is -1.00 e. The second-order valence-corrected chi connectivity index (χ2v) is 22.1. The van der Waals surface area contributed by atoms with E-state index in [1.165, 1.54) is 127 Å². The molecule has 0 radical (unpaired) electrons. The van der Waals surface area contributed by atoms with E-state index in [4.69, 9.17) is 0 Å². The first-order valence-corrected chi connectivity index (χ1v) is 27.0. The molecule has 0 atom stereocenters. The van der Waals surface area contributed by atoms with Gasteiger partial charge in [0.1, 0.15) is 0 Å². The zero-order valence-electron chi connectivity index (χ0n) is 40.8. The molecule has 0 unspecified atom stereocenters. The second-order valence-electron chi connectivity index (χ2n) is 17.1. The Morgan fingerprint density at radius 3 is 1.01 bits per heavy atom. The average Bonchev–Trinajstić information content (AvgIpc) is 4.14. The number of halogens is 2. The summed E-state index contributed by atoms with van der Waals surface area (Å²) < 4.78 is 0. The van der Waals surface area contributed by atoms with E-state index in [0.29, 0.717) is 0 Å². The third-order valence-electron chi connectivity index (χ3n) is 11.9. The van der Waals surface area contributed by atoms with E-state index in [1.807, 2.05) is 0 Å². The minimum atomic E-state index is 0. The number of aryl methyl sites for hydroxylation is 2. The van der Waals surface area contributed by atoms with Crippen molar-refractivity contribution in [3.8, 4) is 22.3 Å². The Balaban J connectivity index is 0.000000236. The summed E-state index contributed by atoms with van der Waals surface area (Å²) in [5, 5.41) is 14.2. The van der Waals surface area contributed by atoms with Crippen LogP contribution in [-0.2, 0) is 43.4 Å². The van der Waals surface area contributed by atoms with Gasteiger partial charge in [-0.25, -0.2) is 0 Å². The summed E-state index contributed by atoms with van der Waals surface area (Å²) in [5.41, 5.74) is 7.89. The van der Waals surface area contributed by atoms with Crippen molar-refractivity contribution in [3.63, 3.8) is 0 Å². The fourth-order valence-corrected chi connectivity index (χ4v) is 13.9. The number of benzene rings is 6. The quantitative estimate of drug-likeness (QED) is 0.0650. The fourth-order valence-electron chi connectivity index (χ4n) is 8.96. The molecule has 0 spiro atoms. The molecule has 348 valence electrons. The number of hydrogen-bond acceptors (Lipinski definition) is 0. The van der Waals surface area contributed by atoms with Gasteiger partial charge in [0.05, 0.1) is 0 Å². The fraction of sp³-hybridized carbons (Fsp3) is 0.226. The molecular weight excluding hydrogens is 973 g/mol. The van der Waals surface area contributed by atoms with Gasteiger partial charge in [-0.05, 0) is 35.8 Å². The van der Waals surface area contributed by atoms with E-state index in [-0.39, 0.29) is 84.1 Å². The van der Waals surface area contributed by atoms with Crippen LogP contribution in [0.2, 0.25) is 0 Å². The summed E-state index contributed by atoms with van der Waals surface area (Å²) in [6.45, 7) is 13.5. The molecule has 0 aromatic heterocycles. The van der Waals surface area contributed by atoms with Crippen LogP contribution in [0.15, 0.2) is 194 Å². The molecule has 10 aromatic rings. The van der Waals surface area contributed by atoms with Crippen LogP contribution in [0.1, 0.15) is 64.5 Å². The molecule has 10 aromatic carbocycles. The zero-order valence-corrected chi connectivity index (χ0v) is 47.2. The molecule has 68 heavy (non-hydrogen) atoms. The van der Waals surface area contributed by atoms with Gasteiger partial charge in [-0.1, -0.05) is 179 Å². The molecule has 0 aliphatic carbocycles. The van der Waals surface area contributed by atoms with Crippen molar-refractivity contribution in [2.45, 2.75) is 67.2 Å². The third kappa shape index (κ3) is 15.8. The summed E-state index contributed by atoms with van der Waals surface area (Å²) in [6.07, 6.45) is 10.8. The van der Waals surface area contributed by atoms with Crippen LogP contribution < -0.4 is 35.4 Å². The van der Waals surface area contributed by atoms with Gasteiger partial charge in [-0.2, -0.15) is 24.3 Å². The van der Waals surface area contributed by atoms with Crippen LogP contribution in [0.3, 0.4) is 0 Å². The first kappa shape index (κ1) is 58.9. The van der Waals surface area contributed by atoms with Crippen LogP contribution in [0.25, 0.3) is 65.3 Å². The average molecular weight is 1040 g/mol. The van der Waals surface area contributed by atoms with E-state index in [0.717, 1.165) is 0 Å². The monoisotopic (exact) mass is 1040 g/mol. The van der Waals surface area contributed by atoms with Gasteiger partial charge in [0.2, 0.25) is 0 Å². The Morgan fingerprint density at radius 1 is 0.353 bits per heavy atom. The Hall–Kier alpha value is -3.37. The molecule has 6 heteroatoms. The third-order valence-corrected chi connectivity index (χ3v) is 17.8. The molecule has 0 amide bonds. The Bertz CT molecular complexity index is 2660. The van der Waals surface area contributed by atoms with Crippen molar-refractivity contribution in [2.75, 3.05) is 24.6 Å². The molecule has 0 heterocycles. The Labute approximate surface area is 453 Å². The summed E-state index contributed by atoms with van der Waals surface area (Å²) >= 11 is 0. The van der Waals surface area contributed by atoms with E-state index in [2.05, 4.69) is 236 Å². The molecule has 0 nitrogen and oxygen atoms in total. The summed E-state index contributed by atoms with van der Waals surface area (Å²) in [6, 6.07) is 70.2. The minimum absolute atomic E-state index is 0. The number of fused-ring (bicyclic) bond motifs is 4. The van der Waals surface area contributed by atoms with Gasteiger partial charge in [0, 0.05) is 0 Å². The Kier molecular flexibility index (Phi) is 26.3. The standard InChI is InChI=1S/2C16H13.2C15H20P.2ClH.2Ti/c2*1-12-10-14-8-5-9-15(16(14)11-12)13-6-3-2-4-7-13;2*1-3-9-16(10-4-2)15-11-13-7-5-6-8-14(13)12-15;;;;/h2*2-11H,1H3;2*5-8,11-12H,3-4,9-10H2,1-2H3;2*1H;;/q4*-1;;;2*+2/p-2. The SMILES string of the molecule is CCCP(CCC)c1cc2ccccc2[cH-]1.CCCP(CCC)c1cc2ccccc2[cH-]1.Cc1cc2c(-c3ccccc3)cccc2[cH-]1.Cc1cc2c(-c3ccccc3)cccc2[cH-]1.[Cl-].[Cl-].[Ti+2].[Ti+2]. The van der Waals surface area contributed by atoms with E-state index < -0.39 is 0 Å². The van der Waals surface area contributed by atoms with Gasteiger partial charge < -0.3 is 24.8 Å². The van der Waals surface area contributed by atoms with Crippen molar-refractivity contribution < 1.29 is 68.2 Å². The predicted octanol–water partition coefficient (Wildman–Crippen LogP) is 12.0. The molecule has 0 saturated heterocycles. The van der Waals surface area contributed by atoms with Gasteiger partial charge in [0.15, 0.2) is 0 Å². The number of rotatable bonds is 12. The molecular formula is C62H66Cl2P2Ti2-2. The zero-order chi connectivity index (χ0) is 44.7. The molecule has 0 fully saturated rings. The molecule has 10 rings (SSSR count). The maximum Gasteiger partial charge on any atom is 2.00 e. The Morgan fingerprint density at radius 2 is 0.676 bits per heavy atom. The van der Waals surface area contributed by atoms with Crippen LogP contribution in [0.4, 0.5) is 0 Å². The largest absolute Gasteiger partial charge is 2.00 e. The smallest absolute Gasteiger partial charge is 1.00 e. The van der Waals surface area contributed by atoms with E-state index in [9.17, 15) is 0 Å². The first-order valence-electron chi connectivity index (χ1n) is 23.6. The summed E-state index contributed by atoms with van der Waals surface area (Å²) in [5.74, 6) is 0. The van der Waals surface area contributed by atoms with Crippen LogP contribution in [-0.4, -0.2) is 24.6 Å². The molecule has 0 bridgehead atoms. The maximum absolute atomic E-state index is 2.41. The van der Waals surface area contributed by atoms with Crippen molar-refractivity contribution in [1.82, 2.24) is 0 Å². The first-order chi connectivity index (χ1) is 31.4. The van der Waals surface area contributed by atoms with Crippen molar-refractivity contribution >= 4 is 69.5 Å². The van der Waals surface area contributed by atoms with Gasteiger partial charge in [0.25, 0.3) is 0 Å². The van der Waals surface area contributed by atoms with E-state index >= 15 is 0 Å². The predicted molar refractivity (Wildman–Crippen MR) is 292 cm³/mol. The molecule has 0 aliphatic rings. The molecule has 0 aliphatic heterocycles. The number of hydrogen-bond donors (Lipinski definition) is 0. The molecule has 0 N–H and O–H groups in total. The summed E-state index contributed by atoms with van der Waals surface area (Å²) in [7, 11) is 0.194. The topological polar surface area (TPSA) is 0 Å².